The standard InChI is InChI=1S/C23H40N4O3.HI/c1-5-30-22-18-19(9-10-21(22)29-4)8-6-13-25-23(24-2)26-20-11-15-27(16-12-20)14-7-17-28-3;/h9-10,18,20H,5-8,11-17H2,1-4H3,(H2,24,25,26);1H. The Morgan fingerprint density at radius 1 is 1.16 bits per heavy atom. The second kappa shape index (κ2) is 16.4. The maximum Gasteiger partial charge on any atom is 0.191 e. The monoisotopic (exact) mass is 548 g/mol. The molecule has 1 heterocycles. The molecule has 178 valence electrons. The predicted octanol–water partition coefficient (Wildman–Crippen LogP) is 3.31. The van der Waals surface area contributed by atoms with Crippen LogP contribution in [0.5, 0.6) is 11.5 Å². The van der Waals surface area contributed by atoms with E-state index in [4.69, 9.17) is 14.2 Å². The molecule has 0 radical (unpaired) electrons. The van der Waals surface area contributed by atoms with Crippen molar-refractivity contribution in [3.05, 3.63) is 23.8 Å². The van der Waals surface area contributed by atoms with Crippen molar-refractivity contribution >= 4 is 29.9 Å². The Morgan fingerprint density at radius 3 is 2.58 bits per heavy atom. The van der Waals surface area contributed by atoms with E-state index >= 15 is 0 Å². The average molecular weight is 549 g/mol. The van der Waals surface area contributed by atoms with E-state index in [0.29, 0.717) is 12.6 Å². The first-order valence-electron chi connectivity index (χ1n) is 11.2. The maximum absolute atomic E-state index is 5.67. The molecular weight excluding hydrogens is 507 g/mol. The summed E-state index contributed by atoms with van der Waals surface area (Å²) >= 11 is 0. The summed E-state index contributed by atoms with van der Waals surface area (Å²) in [6.45, 7) is 7.75. The van der Waals surface area contributed by atoms with Gasteiger partial charge in [0.2, 0.25) is 0 Å². The maximum atomic E-state index is 5.67. The number of guanidine groups is 1. The van der Waals surface area contributed by atoms with Crippen molar-refractivity contribution < 1.29 is 14.2 Å². The lowest BCUT2D eigenvalue weighted by atomic mass is 10.1. The molecule has 0 saturated carbocycles. The minimum absolute atomic E-state index is 0. The quantitative estimate of drug-likeness (QED) is 0.181. The molecule has 0 aromatic heterocycles. The third kappa shape index (κ3) is 10.3. The van der Waals surface area contributed by atoms with Gasteiger partial charge in [-0.05, 0) is 56.7 Å². The molecule has 1 saturated heterocycles. The Labute approximate surface area is 205 Å². The molecule has 1 aromatic carbocycles. The van der Waals surface area contributed by atoms with Gasteiger partial charge < -0.3 is 29.7 Å². The molecule has 0 bridgehead atoms. The van der Waals surface area contributed by atoms with Crippen LogP contribution >= 0.6 is 24.0 Å². The highest BCUT2D eigenvalue weighted by Crippen LogP contribution is 2.28. The number of likely N-dealkylation sites (tertiary alicyclic amines) is 1. The minimum atomic E-state index is 0. The van der Waals surface area contributed by atoms with Crippen molar-refractivity contribution in [2.24, 2.45) is 4.99 Å². The number of piperidine rings is 1. The zero-order chi connectivity index (χ0) is 21.6. The smallest absolute Gasteiger partial charge is 0.191 e. The van der Waals surface area contributed by atoms with Crippen LogP contribution < -0.4 is 20.1 Å². The summed E-state index contributed by atoms with van der Waals surface area (Å²) in [6, 6.07) is 6.66. The number of aliphatic imine (C=N–C) groups is 1. The van der Waals surface area contributed by atoms with E-state index in [-0.39, 0.29) is 24.0 Å². The second-order valence-corrected chi connectivity index (χ2v) is 7.63. The summed E-state index contributed by atoms with van der Waals surface area (Å²) in [5.74, 6) is 2.50. The Kier molecular flexibility index (Phi) is 14.7. The van der Waals surface area contributed by atoms with Crippen LogP contribution in [0.1, 0.15) is 38.2 Å². The molecule has 0 aliphatic carbocycles. The van der Waals surface area contributed by atoms with E-state index < -0.39 is 0 Å². The van der Waals surface area contributed by atoms with Crippen LogP contribution in [-0.2, 0) is 11.2 Å². The van der Waals surface area contributed by atoms with E-state index in [9.17, 15) is 0 Å². The third-order valence-corrected chi connectivity index (χ3v) is 5.44. The summed E-state index contributed by atoms with van der Waals surface area (Å²) in [7, 11) is 5.28. The van der Waals surface area contributed by atoms with Crippen LogP contribution in [0.25, 0.3) is 0 Å². The zero-order valence-corrected chi connectivity index (χ0v) is 21.9. The number of nitrogens with one attached hydrogen (secondary N) is 2. The second-order valence-electron chi connectivity index (χ2n) is 7.63. The Bertz CT molecular complexity index is 637. The predicted molar refractivity (Wildman–Crippen MR) is 138 cm³/mol. The molecule has 1 aliphatic rings. The number of benzene rings is 1. The van der Waals surface area contributed by atoms with Gasteiger partial charge in [0.25, 0.3) is 0 Å². The Balaban J connectivity index is 0.00000480. The first-order chi connectivity index (χ1) is 14.7. The summed E-state index contributed by atoms with van der Waals surface area (Å²) in [4.78, 5) is 6.92. The van der Waals surface area contributed by atoms with Gasteiger partial charge in [0.05, 0.1) is 13.7 Å². The van der Waals surface area contributed by atoms with E-state index in [1.807, 2.05) is 20.0 Å². The first-order valence-corrected chi connectivity index (χ1v) is 11.2. The fourth-order valence-electron chi connectivity index (χ4n) is 3.77. The summed E-state index contributed by atoms with van der Waals surface area (Å²) in [6.07, 6.45) is 5.42. The SMILES string of the molecule is CCOc1cc(CCCNC(=NC)NC2CCN(CCCOC)CC2)ccc1OC.I. The molecular formula is C23H41IN4O3. The number of hydrogen-bond donors (Lipinski definition) is 2. The molecule has 1 fully saturated rings. The molecule has 0 amide bonds. The summed E-state index contributed by atoms with van der Waals surface area (Å²) in [5, 5.41) is 7.04. The molecule has 2 rings (SSSR count). The fraction of sp³-hybridized carbons (Fsp3) is 0.696. The average Bonchev–Trinajstić information content (AvgIpc) is 2.77. The van der Waals surface area contributed by atoms with Crippen LogP contribution in [0.2, 0.25) is 0 Å². The Morgan fingerprint density at radius 2 is 1.94 bits per heavy atom. The van der Waals surface area contributed by atoms with Gasteiger partial charge >= 0.3 is 0 Å². The van der Waals surface area contributed by atoms with Gasteiger partial charge in [-0.25, -0.2) is 0 Å². The number of methoxy groups -OCH3 is 2. The number of rotatable bonds is 12. The van der Waals surface area contributed by atoms with Crippen molar-refractivity contribution in [2.45, 2.75) is 45.1 Å². The van der Waals surface area contributed by atoms with E-state index in [0.717, 1.165) is 82.3 Å². The van der Waals surface area contributed by atoms with Gasteiger partial charge in [0.1, 0.15) is 0 Å². The number of ether oxygens (including phenoxy) is 3. The van der Waals surface area contributed by atoms with Gasteiger partial charge in [-0.15, -0.1) is 24.0 Å². The summed E-state index contributed by atoms with van der Waals surface area (Å²) in [5.41, 5.74) is 1.25. The number of nitrogens with zero attached hydrogens (tertiary/aromatic N) is 2. The van der Waals surface area contributed by atoms with E-state index in [2.05, 4.69) is 32.7 Å². The Hall–Kier alpha value is -1.26. The lowest BCUT2D eigenvalue weighted by Gasteiger charge is -2.33. The molecule has 0 atom stereocenters. The van der Waals surface area contributed by atoms with Crippen LogP contribution in [0, 0.1) is 0 Å². The first kappa shape index (κ1) is 27.8. The van der Waals surface area contributed by atoms with E-state index in [1.54, 1.807) is 14.2 Å². The van der Waals surface area contributed by atoms with Crippen LogP contribution in [0.4, 0.5) is 0 Å². The van der Waals surface area contributed by atoms with Crippen molar-refractivity contribution in [1.82, 2.24) is 15.5 Å². The minimum Gasteiger partial charge on any atom is -0.493 e. The lowest BCUT2D eigenvalue weighted by molar-refractivity contribution is 0.155. The molecule has 7 nitrogen and oxygen atoms in total. The highest BCUT2D eigenvalue weighted by Gasteiger charge is 2.19. The molecule has 1 aliphatic heterocycles. The van der Waals surface area contributed by atoms with Crippen molar-refractivity contribution in [2.75, 3.05) is 60.7 Å². The number of hydrogen-bond acceptors (Lipinski definition) is 5. The fourth-order valence-corrected chi connectivity index (χ4v) is 3.77. The lowest BCUT2D eigenvalue weighted by Crippen LogP contribution is -2.49. The highest BCUT2D eigenvalue weighted by atomic mass is 127. The van der Waals surface area contributed by atoms with Crippen molar-refractivity contribution in [1.29, 1.82) is 0 Å². The topological polar surface area (TPSA) is 67.4 Å². The molecule has 8 heteroatoms. The van der Waals surface area contributed by atoms with Gasteiger partial charge in [-0.3, -0.25) is 4.99 Å². The van der Waals surface area contributed by atoms with Crippen LogP contribution in [-0.4, -0.2) is 77.6 Å². The number of aryl methyl sites for hydroxylation is 1. The molecule has 1 aromatic rings. The normalized spacial score (nSPS) is 15.3. The zero-order valence-electron chi connectivity index (χ0n) is 19.6. The van der Waals surface area contributed by atoms with Crippen LogP contribution in [0.3, 0.4) is 0 Å². The van der Waals surface area contributed by atoms with E-state index in [1.165, 1.54) is 5.56 Å². The molecule has 0 spiro atoms. The third-order valence-electron chi connectivity index (χ3n) is 5.44. The molecule has 31 heavy (non-hydrogen) atoms. The summed E-state index contributed by atoms with van der Waals surface area (Å²) < 4.78 is 16.2. The van der Waals surface area contributed by atoms with Crippen molar-refractivity contribution in [3.8, 4) is 11.5 Å². The van der Waals surface area contributed by atoms with Crippen LogP contribution in [0.15, 0.2) is 23.2 Å². The number of halogens is 1. The van der Waals surface area contributed by atoms with Gasteiger partial charge in [0.15, 0.2) is 17.5 Å². The largest absolute Gasteiger partial charge is 0.493 e. The molecule has 0 unspecified atom stereocenters. The van der Waals surface area contributed by atoms with Gasteiger partial charge in [0, 0.05) is 53.0 Å². The molecule has 2 N–H and O–H groups in total. The van der Waals surface area contributed by atoms with Gasteiger partial charge in [-0.1, -0.05) is 6.07 Å². The van der Waals surface area contributed by atoms with Crippen molar-refractivity contribution in [3.63, 3.8) is 0 Å². The van der Waals surface area contributed by atoms with Gasteiger partial charge in [-0.2, -0.15) is 0 Å². The highest BCUT2D eigenvalue weighted by molar-refractivity contribution is 14.0.